The molecular formula is C13H6F4O2. The Morgan fingerprint density at radius 2 is 1.37 bits per heavy atom. The molecule has 19 heavy (non-hydrogen) atoms. The maximum Gasteiger partial charge on any atom is 0.343 e. The zero-order chi connectivity index (χ0) is 14.0. The minimum absolute atomic E-state index is 0.242. The first kappa shape index (κ1) is 13.1. The monoisotopic (exact) mass is 270 g/mol. The molecule has 0 aromatic heterocycles. The fourth-order valence-corrected chi connectivity index (χ4v) is 1.33. The Hall–Kier alpha value is -2.37. The van der Waals surface area contributed by atoms with Crippen molar-refractivity contribution < 1.29 is 27.1 Å². The van der Waals surface area contributed by atoms with Gasteiger partial charge >= 0.3 is 5.97 Å². The summed E-state index contributed by atoms with van der Waals surface area (Å²) >= 11 is 0. The summed E-state index contributed by atoms with van der Waals surface area (Å²) < 4.78 is 55.8. The number of hydrogen-bond donors (Lipinski definition) is 0. The molecule has 0 fully saturated rings. The van der Waals surface area contributed by atoms with Crippen LogP contribution in [0.3, 0.4) is 0 Å². The van der Waals surface area contributed by atoms with Crippen molar-refractivity contribution in [3.63, 3.8) is 0 Å². The fourth-order valence-electron chi connectivity index (χ4n) is 1.33. The first-order valence-corrected chi connectivity index (χ1v) is 5.09. The number of hydrogen-bond acceptors (Lipinski definition) is 2. The molecule has 2 aromatic rings. The predicted octanol–water partition coefficient (Wildman–Crippen LogP) is 3.46. The Morgan fingerprint density at radius 3 is 1.95 bits per heavy atom. The van der Waals surface area contributed by atoms with Gasteiger partial charge in [0.1, 0.15) is 5.75 Å². The first-order valence-electron chi connectivity index (χ1n) is 5.09. The smallest absolute Gasteiger partial charge is 0.343 e. The van der Waals surface area contributed by atoms with Gasteiger partial charge in [0, 0.05) is 6.07 Å². The quantitative estimate of drug-likeness (QED) is 0.474. The molecule has 0 radical (unpaired) electrons. The molecule has 6 heteroatoms. The predicted molar refractivity (Wildman–Crippen MR) is 57.7 cm³/mol. The van der Waals surface area contributed by atoms with Gasteiger partial charge in [-0.25, -0.2) is 22.4 Å². The molecule has 0 aliphatic rings. The summed E-state index contributed by atoms with van der Waals surface area (Å²) in [6.07, 6.45) is 0. The topological polar surface area (TPSA) is 26.3 Å². The number of halogens is 4. The third kappa shape index (κ3) is 2.90. The lowest BCUT2D eigenvalue weighted by Gasteiger charge is -2.05. The molecule has 98 valence electrons. The SMILES string of the molecule is O=C(Oc1ccc(F)c(F)c1)c1ccc(F)c(F)c1. The summed E-state index contributed by atoms with van der Waals surface area (Å²) in [4.78, 5) is 11.5. The van der Waals surface area contributed by atoms with Crippen molar-refractivity contribution in [3.8, 4) is 5.75 Å². The van der Waals surface area contributed by atoms with Gasteiger partial charge in [-0.3, -0.25) is 0 Å². The Bertz CT molecular complexity index is 641. The molecule has 0 aliphatic heterocycles. The van der Waals surface area contributed by atoms with Crippen LogP contribution >= 0.6 is 0 Å². The van der Waals surface area contributed by atoms with Crippen LogP contribution in [0.25, 0.3) is 0 Å². The van der Waals surface area contributed by atoms with E-state index in [4.69, 9.17) is 4.74 Å². The molecule has 0 spiro atoms. The zero-order valence-electron chi connectivity index (χ0n) is 9.29. The van der Waals surface area contributed by atoms with E-state index in [0.717, 1.165) is 24.3 Å². The van der Waals surface area contributed by atoms with Gasteiger partial charge in [0.25, 0.3) is 0 Å². The van der Waals surface area contributed by atoms with Crippen LogP contribution in [0.2, 0.25) is 0 Å². The van der Waals surface area contributed by atoms with E-state index in [1.165, 1.54) is 0 Å². The average Bonchev–Trinajstić information content (AvgIpc) is 2.37. The zero-order valence-corrected chi connectivity index (χ0v) is 9.29. The lowest BCUT2D eigenvalue weighted by Crippen LogP contribution is -2.09. The summed E-state index contributed by atoms with van der Waals surface area (Å²) in [5, 5.41) is 0. The molecule has 0 amide bonds. The summed E-state index contributed by atoms with van der Waals surface area (Å²) in [6.45, 7) is 0. The molecule has 2 rings (SSSR count). The highest BCUT2D eigenvalue weighted by molar-refractivity contribution is 5.91. The van der Waals surface area contributed by atoms with Crippen LogP contribution in [0.5, 0.6) is 5.75 Å². The third-order valence-corrected chi connectivity index (χ3v) is 2.26. The van der Waals surface area contributed by atoms with Crippen molar-refractivity contribution in [1.82, 2.24) is 0 Å². The van der Waals surface area contributed by atoms with E-state index in [1.807, 2.05) is 0 Å². The van der Waals surface area contributed by atoms with Crippen LogP contribution in [-0.4, -0.2) is 5.97 Å². The summed E-state index contributed by atoms with van der Waals surface area (Å²) in [5.41, 5.74) is -0.247. The highest BCUT2D eigenvalue weighted by Gasteiger charge is 2.13. The van der Waals surface area contributed by atoms with Crippen LogP contribution in [0.15, 0.2) is 36.4 Å². The second-order valence-corrected chi connectivity index (χ2v) is 3.59. The van der Waals surface area contributed by atoms with Gasteiger partial charge < -0.3 is 4.74 Å². The van der Waals surface area contributed by atoms with Crippen LogP contribution in [0.4, 0.5) is 17.6 Å². The molecule has 2 aromatic carbocycles. The number of carbonyl (C=O) groups is 1. The average molecular weight is 270 g/mol. The molecule has 0 saturated carbocycles. The van der Waals surface area contributed by atoms with Crippen molar-refractivity contribution in [1.29, 1.82) is 0 Å². The van der Waals surface area contributed by atoms with Gasteiger partial charge in [0.05, 0.1) is 5.56 Å². The molecule has 0 saturated heterocycles. The maximum atomic E-state index is 12.9. The molecule has 0 aliphatic carbocycles. The van der Waals surface area contributed by atoms with Gasteiger partial charge in [-0.05, 0) is 30.3 Å². The molecule has 0 heterocycles. The van der Waals surface area contributed by atoms with E-state index in [2.05, 4.69) is 0 Å². The highest BCUT2D eigenvalue weighted by atomic mass is 19.2. The van der Waals surface area contributed by atoms with Crippen LogP contribution in [-0.2, 0) is 0 Å². The fraction of sp³-hybridized carbons (Fsp3) is 0. The largest absolute Gasteiger partial charge is 0.423 e. The van der Waals surface area contributed by atoms with Gasteiger partial charge in [-0.2, -0.15) is 0 Å². The van der Waals surface area contributed by atoms with E-state index in [-0.39, 0.29) is 11.3 Å². The summed E-state index contributed by atoms with van der Waals surface area (Å²) in [6, 6.07) is 4.92. The first-order chi connectivity index (χ1) is 8.97. The van der Waals surface area contributed by atoms with Crippen LogP contribution in [0, 0.1) is 23.3 Å². The third-order valence-electron chi connectivity index (χ3n) is 2.26. The molecule has 0 N–H and O–H groups in total. The standard InChI is InChI=1S/C13H6F4O2/c14-9-3-1-7(5-11(9)16)13(18)19-8-2-4-10(15)12(17)6-8/h1-6H. The van der Waals surface area contributed by atoms with Crippen molar-refractivity contribution in [2.45, 2.75) is 0 Å². The van der Waals surface area contributed by atoms with E-state index >= 15 is 0 Å². The number of benzene rings is 2. The van der Waals surface area contributed by atoms with Crippen LogP contribution in [0.1, 0.15) is 10.4 Å². The van der Waals surface area contributed by atoms with Crippen molar-refractivity contribution >= 4 is 5.97 Å². The van der Waals surface area contributed by atoms with Crippen molar-refractivity contribution in [2.75, 3.05) is 0 Å². The number of rotatable bonds is 2. The van der Waals surface area contributed by atoms with Gasteiger partial charge in [0.15, 0.2) is 23.3 Å². The number of carbonyl (C=O) groups excluding carboxylic acids is 1. The van der Waals surface area contributed by atoms with Gasteiger partial charge in [-0.15, -0.1) is 0 Å². The maximum absolute atomic E-state index is 12.9. The van der Waals surface area contributed by atoms with E-state index in [9.17, 15) is 22.4 Å². The van der Waals surface area contributed by atoms with Crippen LogP contribution < -0.4 is 4.74 Å². The Morgan fingerprint density at radius 1 is 0.789 bits per heavy atom. The molecule has 0 atom stereocenters. The lowest BCUT2D eigenvalue weighted by molar-refractivity contribution is 0.0733. The molecular weight excluding hydrogens is 264 g/mol. The van der Waals surface area contributed by atoms with Gasteiger partial charge in [-0.1, -0.05) is 0 Å². The number of esters is 1. The Labute approximate surface area is 105 Å². The van der Waals surface area contributed by atoms with E-state index in [1.54, 1.807) is 0 Å². The minimum atomic E-state index is -1.21. The molecule has 0 bridgehead atoms. The molecule has 0 unspecified atom stereocenters. The van der Waals surface area contributed by atoms with Crippen molar-refractivity contribution in [2.24, 2.45) is 0 Å². The minimum Gasteiger partial charge on any atom is -0.423 e. The summed E-state index contributed by atoms with van der Waals surface area (Å²) in [7, 11) is 0. The van der Waals surface area contributed by atoms with E-state index < -0.39 is 29.2 Å². The van der Waals surface area contributed by atoms with E-state index in [0.29, 0.717) is 12.1 Å². The van der Waals surface area contributed by atoms with Gasteiger partial charge in [0.2, 0.25) is 0 Å². The second kappa shape index (κ2) is 5.09. The normalized spacial score (nSPS) is 10.3. The molecule has 2 nitrogen and oxygen atoms in total. The second-order valence-electron chi connectivity index (χ2n) is 3.59. The lowest BCUT2D eigenvalue weighted by atomic mass is 10.2. The number of ether oxygens (including phenoxy) is 1. The highest BCUT2D eigenvalue weighted by Crippen LogP contribution is 2.17. The van der Waals surface area contributed by atoms with Crippen molar-refractivity contribution in [3.05, 3.63) is 65.2 Å². The summed E-state index contributed by atoms with van der Waals surface area (Å²) in [5.74, 6) is -5.84. The Kier molecular flexibility index (Phi) is 3.50. The Balaban J connectivity index is 2.20.